The Morgan fingerprint density at radius 3 is 2.69 bits per heavy atom. The van der Waals surface area contributed by atoms with Crippen LogP contribution in [-0.2, 0) is 22.9 Å². The number of anilines is 1. The summed E-state index contributed by atoms with van der Waals surface area (Å²) in [5.74, 6) is -1.42. The third-order valence-corrected chi connectivity index (χ3v) is 6.01. The summed E-state index contributed by atoms with van der Waals surface area (Å²) < 4.78 is 40.7. The molecule has 2 aromatic carbocycles. The molecule has 2 aromatic rings. The third kappa shape index (κ3) is 3.78. The largest absolute Gasteiger partial charge is 0.322 e. The number of benzene rings is 2. The third-order valence-electron chi connectivity index (χ3n) is 4.47. The van der Waals surface area contributed by atoms with Gasteiger partial charge in [-0.2, -0.15) is 0 Å². The molecule has 0 saturated carbocycles. The van der Waals surface area contributed by atoms with Gasteiger partial charge in [-0.25, -0.2) is 17.5 Å². The number of hydrogen-bond acceptors (Lipinski definition) is 3. The first-order valence-corrected chi connectivity index (χ1v) is 10.1. The fourth-order valence-electron chi connectivity index (χ4n) is 3.21. The number of nitrogens with one attached hydrogen (secondary N) is 2. The molecule has 0 atom stereocenters. The highest BCUT2D eigenvalue weighted by atomic mass is 32.2. The maximum atomic E-state index is 14.2. The van der Waals surface area contributed by atoms with Gasteiger partial charge in [-0.1, -0.05) is 19.1 Å². The molecule has 0 radical (unpaired) electrons. The summed E-state index contributed by atoms with van der Waals surface area (Å²) in [5, 5.41) is 2.74. The minimum Gasteiger partial charge on any atom is -0.322 e. The van der Waals surface area contributed by atoms with Gasteiger partial charge in [-0.15, -0.1) is 0 Å². The summed E-state index contributed by atoms with van der Waals surface area (Å²) in [7, 11) is -3.77. The summed E-state index contributed by atoms with van der Waals surface area (Å²) in [4.78, 5) is 12.5. The van der Waals surface area contributed by atoms with Gasteiger partial charge in [0.1, 0.15) is 5.82 Å². The van der Waals surface area contributed by atoms with Crippen molar-refractivity contribution in [3.63, 3.8) is 0 Å². The van der Waals surface area contributed by atoms with Crippen molar-refractivity contribution in [2.45, 2.75) is 37.5 Å². The Bertz CT molecular complexity index is 942. The predicted octanol–water partition coefficient (Wildman–Crippen LogP) is 3.26. The van der Waals surface area contributed by atoms with Crippen LogP contribution in [0.4, 0.5) is 10.1 Å². The van der Waals surface area contributed by atoms with E-state index in [0.29, 0.717) is 5.69 Å². The first kappa shape index (κ1) is 18.5. The molecule has 0 heterocycles. The molecule has 3 rings (SSSR count). The lowest BCUT2D eigenvalue weighted by atomic mass is 9.90. The van der Waals surface area contributed by atoms with Crippen LogP contribution in [0.2, 0.25) is 0 Å². The van der Waals surface area contributed by atoms with Crippen LogP contribution in [0, 0.1) is 5.82 Å². The SMILES string of the molecule is CCNS(=O)(=O)c1ccc(F)c(C(=O)Nc2cccc3c2CCCC3)c1. The lowest BCUT2D eigenvalue weighted by Gasteiger charge is -2.19. The Kier molecular flexibility index (Phi) is 5.38. The molecular formula is C19H21FN2O3S. The standard InChI is InChI=1S/C19H21FN2O3S/c1-2-21-26(24,25)14-10-11-17(20)16(12-14)19(23)22-18-9-5-7-13-6-3-4-8-15(13)18/h5,7,9-12,21H,2-4,6,8H2,1H3,(H,22,23). The van der Waals surface area contributed by atoms with E-state index in [1.165, 1.54) is 5.56 Å². The van der Waals surface area contributed by atoms with Crippen molar-refractivity contribution in [1.29, 1.82) is 0 Å². The lowest BCUT2D eigenvalue weighted by molar-refractivity contribution is 0.102. The van der Waals surface area contributed by atoms with Gasteiger partial charge in [0, 0.05) is 12.2 Å². The number of rotatable bonds is 5. The van der Waals surface area contributed by atoms with Gasteiger partial charge >= 0.3 is 0 Å². The summed E-state index contributed by atoms with van der Waals surface area (Å²) in [6, 6.07) is 8.90. The second kappa shape index (κ2) is 7.55. The van der Waals surface area contributed by atoms with Crippen LogP contribution in [0.15, 0.2) is 41.3 Å². The maximum absolute atomic E-state index is 14.2. The highest BCUT2D eigenvalue weighted by Crippen LogP contribution is 2.28. The Morgan fingerprint density at radius 1 is 1.15 bits per heavy atom. The van der Waals surface area contributed by atoms with Crippen molar-refractivity contribution < 1.29 is 17.6 Å². The highest BCUT2D eigenvalue weighted by molar-refractivity contribution is 7.89. The Morgan fingerprint density at radius 2 is 1.92 bits per heavy atom. The van der Waals surface area contributed by atoms with Crippen LogP contribution in [0.25, 0.3) is 0 Å². The zero-order valence-electron chi connectivity index (χ0n) is 14.5. The van der Waals surface area contributed by atoms with Gasteiger partial charge in [0.05, 0.1) is 10.5 Å². The number of halogens is 1. The number of hydrogen-bond donors (Lipinski definition) is 2. The van der Waals surface area contributed by atoms with E-state index in [2.05, 4.69) is 10.0 Å². The van der Waals surface area contributed by atoms with Crippen LogP contribution < -0.4 is 10.0 Å². The normalized spacial score (nSPS) is 13.9. The Balaban J connectivity index is 1.91. The van der Waals surface area contributed by atoms with Crippen molar-refractivity contribution in [2.75, 3.05) is 11.9 Å². The van der Waals surface area contributed by atoms with E-state index in [0.717, 1.165) is 49.4 Å². The molecule has 2 N–H and O–H groups in total. The van der Waals surface area contributed by atoms with Crippen LogP contribution in [0.5, 0.6) is 0 Å². The molecule has 0 spiro atoms. The van der Waals surface area contributed by atoms with Gasteiger partial charge in [-0.3, -0.25) is 4.79 Å². The smallest absolute Gasteiger partial charge is 0.258 e. The molecular weight excluding hydrogens is 355 g/mol. The molecule has 0 aliphatic heterocycles. The van der Waals surface area contributed by atoms with Gasteiger partial charge < -0.3 is 5.32 Å². The summed E-state index contributed by atoms with van der Waals surface area (Å²) in [5.41, 5.74) is 2.63. The molecule has 138 valence electrons. The van der Waals surface area contributed by atoms with Crippen LogP contribution >= 0.6 is 0 Å². The molecule has 7 heteroatoms. The van der Waals surface area contributed by atoms with Crippen molar-refractivity contribution in [2.24, 2.45) is 0 Å². The van der Waals surface area contributed by atoms with Crippen molar-refractivity contribution >= 4 is 21.6 Å². The van der Waals surface area contributed by atoms with E-state index in [1.54, 1.807) is 13.0 Å². The maximum Gasteiger partial charge on any atom is 0.258 e. The number of sulfonamides is 1. The average molecular weight is 376 g/mol. The van der Waals surface area contributed by atoms with E-state index < -0.39 is 21.7 Å². The van der Waals surface area contributed by atoms with Gasteiger partial charge in [-0.05, 0) is 61.1 Å². The minimum atomic E-state index is -3.77. The first-order chi connectivity index (χ1) is 12.4. The number of aryl methyl sites for hydroxylation is 1. The summed E-state index contributed by atoms with van der Waals surface area (Å²) in [6.45, 7) is 1.85. The number of fused-ring (bicyclic) bond motifs is 1. The van der Waals surface area contributed by atoms with E-state index in [1.807, 2.05) is 12.1 Å². The Hall–Kier alpha value is -2.25. The van der Waals surface area contributed by atoms with Crippen molar-refractivity contribution in [3.8, 4) is 0 Å². The molecule has 26 heavy (non-hydrogen) atoms. The van der Waals surface area contributed by atoms with E-state index in [-0.39, 0.29) is 17.0 Å². The monoisotopic (exact) mass is 376 g/mol. The lowest BCUT2D eigenvalue weighted by Crippen LogP contribution is -2.24. The van der Waals surface area contributed by atoms with Crippen molar-refractivity contribution in [3.05, 3.63) is 58.9 Å². The van der Waals surface area contributed by atoms with Crippen molar-refractivity contribution in [1.82, 2.24) is 4.72 Å². The summed E-state index contributed by atoms with van der Waals surface area (Å²) >= 11 is 0. The molecule has 1 amide bonds. The van der Waals surface area contributed by atoms with E-state index in [9.17, 15) is 17.6 Å². The molecule has 5 nitrogen and oxygen atoms in total. The topological polar surface area (TPSA) is 75.3 Å². The molecule has 0 bridgehead atoms. The average Bonchev–Trinajstić information content (AvgIpc) is 2.62. The predicted molar refractivity (Wildman–Crippen MR) is 98.3 cm³/mol. The number of carbonyl (C=O) groups is 1. The minimum absolute atomic E-state index is 0.138. The Labute approximate surface area is 152 Å². The molecule has 0 unspecified atom stereocenters. The molecule has 0 aromatic heterocycles. The molecule has 1 aliphatic carbocycles. The molecule has 0 fully saturated rings. The van der Waals surface area contributed by atoms with E-state index >= 15 is 0 Å². The molecule has 1 aliphatic rings. The van der Waals surface area contributed by atoms with Gasteiger partial charge in [0.2, 0.25) is 10.0 Å². The fourth-order valence-corrected chi connectivity index (χ4v) is 4.27. The van der Waals surface area contributed by atoms with Gasteiger partial charge in [0.15, 0.2) is 0 Å². The highest BCUT2D eigenvalue weighted by Gasteiger charge is 2.20. The summed E-state index contributed by atoms with van der Waals surface area (Å²) in [6.07, 6.45) is 3.99. The second-order valence-electron chi connectivity index (χ2n) is 6.25. The zero-order chi connectivity index (χ0) is 18.7. The number of amides is 1. The molecule has 0 saturated heterocycles. The van der Waals surface area contributed by atoms with Crippen LogP contribution in [-0.4, -0.2) is 20.9 Å². The number of carbonyl (C=O) groups excluding carboxylic acids is 1. The quantitative estimate of drug-likeness (QED) is 0.841. The fraction of sp³-hybridized carbons (Fsp3) is 0.316. The van der Waals surface area contributed by atoms with E-state index in [4.69, 9.17) is 0 Å². The zero-order valence-corrected chi connectivity index (χ0v) is 15.3. The van der Waals surface area contributed by atoms with Crippen LogP contribution in [0.3, 0.4) is 0 Å². The van der Waals surface area contributed by atoms with Crippen LogP contribution in [0.1, 0.15) is 41.3 Å². The first-order valence-electron chi connectivity index (χ1n) is 8.63. The second-order valence-corrected chi connectivity index (χ2v) is 8.01. The van der Waals surface area contributed by atoms with Gasteiger partial charge in [0.25, 0.3) is 5.91 Å².